The van der Waals surface area contributed by atoms with E-state index in [-0.39, 0.29) is 6.03 Å². The summed E-state index contributed by atoms with van der Waals surface area (Å²) in [5.41, 5.74) is 2.77. The van der Waals surface area contributed by atoms with Crippen molar-refractivity contribution in [1.82, 2.24) is 4.98 Å². The number of anilines is 2. The van der Waals surface area contributed by atoms with Gasteiger partial charge in [-0.3, -0.25) is 4.90 Å². The third-order valence-corrected chi connectivity index (χ3v) is 4.60. The number of carbonyl (C=O) groups is 1. The molecule has 120 valence electrons. The Balaban J connectivity index is 1.65. The smallest absolute Gasteiger partial charge is 0.330 e. The number of para-hydroxylation sites is 1. The number of urea groups is 1. The first-order chi connectivity index (χ1) is 12.3. The van der Waals surface area contributed by atoms with Crippen LogP contribution in [0.3, 0.4) is 0 Å². The number of nitrogens with one attached hydrogen (secondary N) is 2. The quantitative estimate of drug-likeness (QED) is 0.536. The summed E-state index contributed by atoms with van der Waals surface area (Å²) in [4.78, 5) is 17.8. The van der Waals surface area contributed by atoms with Crippen LogP contribution >= 0.6 is 0 Å². The van der Waals surface area contributed by atoms with Crippen molar-refractivity contribution in [1.29, 1.82) is 0 Å². The van der Waals surface area contributed by atoms with Crippen LogP contribution in [0.15, 0.2) is 73.1 Å². The number of amides is 2. The number of hydrogen-bond donors (Lipinski definition) is 2. The molecule has 0 saturated heterocycles. The van der Waals surface area contributed by atoms with Crippen molar-refractivity contribution in [2.45, 2.75) is 0 Å². The lowest BCUT2D eigenvalue weighted by molar-refractivity contribution is 0.258. The second-order valence-electron chi connectivity index (χ2n) is 6.09. The van der Waals surface area contributed by atoms with Gasteiger partial charge in [-0.1, -0.05) is 36.4 Å². The van der Waals surface area contributed by atoms with Gasteiger partial charge in [0.05, 0.1) is 5.69 Å². The molecule has 0 atom stereocenters. The topological polar surface area (TPSA) is 48.1 Å². The van der Waals surface area contributed by atoms with Gasteiger partial charge < -0.3 is 10.3 Å². The van der Waals surface area contributed by atoms with Crippen LogP contribution < -0.4 is 15.4 Å². The van der Waals surface area contributed by atoms with Crippen molar-refractivity contribution in [3.8, 4) is 0 Å². The van der Waals surface area contributed by atoms with E-state index in [9.17, 15) is 4.79 Å². The van der Waals surface area contributed by atoms with Gasteiger partial charge in [0.1, 0.15) is 0 Å². The summed E-state index contributed by atoms with van der Waals surface area (Å²) in [6, 6.07) is 17.6. The average molecular weight is 325 g/mol. The van der Waals surface area contributed by atoms with Gasteiger partial charge in [-0.15, -0.1) is 0 Å². The number of carbonyl (C=O) groups excluding carboxylic acids is 1. The van der Waals surface area contributed by atoms with Crippen LogP contribution in [-0.2, 0) is 0 Å². The monoisotopic (exact) mass is 325 g/mol. The maximum atomic E-state index is 12.8. The molecule has 5 rings (SSSR count). The Bertz CT molecular complexity index is 1190. The van der Waals surface area contributed by atoms with E-state index in [1.54, 1.807) is 11.1 Å². The molecule has 0 spiro atoms. The Hall–Kier alpha value is -3.53. The van der Waals surface area contributed by atoms with Crippen molar-refractivity contribution in [2.24, 2.45) is 0 Å². The Morgan fingerprint density at radius 2 is 1.92 bits per heavy atom. The molecule has 4 aromatic rings. The summed E-state index contributed by atoms with van der Waals surface area (Å²) in [5.74, 6) is 0. The van der Waals surface area contributed by atoms with Gasteiger partial charge in [0.15, 0.2) is 0 Å². The fourth-order valence-electron chi connectivity index (χ4n) is 3.47. The van der Waals surface area contributed by atoms with E-state index in [0.29, 0.717) is 0 Å². The number of benzene rings is 3. The first-order valence-electron chi connectivity index (χ1n) is 8.17. The molecular weight excluding hydrogens is 310 g/mol. The minimum Gasteiger partial charge on any atom is -0.361 e. The molecule has 4 nitrogen and oxygen atoms in total. The summed E-state index contributed by atoms with van der Waals surface area (Å²) in [5, 5.41) is 7.46. The highest BCUT2D eigenvalue weighted by molar-refractivity contribution is 6.14. The Morgan fingerprint density at radius 3 is 2.80 bits per heavy atom. The summed E-state index contributed by atoms with van der Waals surface area (Å²) in [6.07, 6.45) is 7.76. The molecule has 0 bridgehead atoms. The number of rotatable bonds is 1. The molecule has 0 saturated carbocycles. The molecule has 2 N–H and O–H groups in total. The molecule has 2 heterocycles. The van der Waals surface area contributed by atoms with Gasteiger partial charge >= 0.3 is 6.03 Å². The van der Waals surface area contributed by atoms with Gasteiger partial charge in [-0.25, -0.2) is 4.79 Å². The van der Waals surface area contributed by atoms with Crippen LogP contribution in [-0.4, -0.2) is 11.0 Å². The van der Waals surface area contributed by atoms with Crippen LogP contribution in [0.2, 0.25) is 0 Å². The fourth-order valence-corrected chi connectivity index (χ4v) is 3.47. The average Bonchev–Trinajstić information content (AvgIpc) is 3.07. The van der Waals surface area contributed by atoms with Crippen LogP contribution in [0.25, 0.3) is 27.8 Å². The van der Waals surface area contributed by atoms with E-state index in [2.05, 4.69) is 34.6 Å². The van der Waals surface area contributed by atoms with E-state index in [0.717, 1.165) is 32.9 Å². The normalized spacial score (nSPS) is 13.0. The van der Waals surface area contributed by atoms with E-state index in [1.165, 1.54) is 5.39 Å². The fraction of sp³-hybridized carbons (Fsp3) is 0. The summed E-state index contributed by atoms with van der Waals surface area (Å²) < 4.78 is 0. The number of nitrogens with zero attached hydrogens (tertiary/aromatic N) is 1. The first kappa shape index (κ1) is 13.9. The standard InChI is InChI=1S/C21H15N3O/c25-21(23-15-6-2-1-3-7-15)24-11-5-9-16-17-8-4-10-18-20(17)14(13-22-18)12-19(16)24/h1-13,22H,(H,23,25). The number of allylic oxidation sites excluding steroid dienone is 1. The zero-order chi connectivity index (χ0) is 16.8. The zero-order valence-electron chi connectivity index (χ0n) is 13.4. The van der Waals surface area contributed by atoms with Crippen molar-refractivity contribution < 1.29 is 4.79 Å². The molecule has 25 heavy (non-hydrogen) atoms. The Labute approximate surface area is 144 Å². The Morgan fingerprint density at radius 1 is 1.04 bits per heavy atom. The minimum atomic E-state index is -0.175. The molecule has 0 aliphatic carbocycles. The highest BCUT2D eigenvalue weighted by Crippen LogP contribution is 2.29. The number of H-pyrrole nitrogens is 1. The largest absolute Gasteiger partial charge is 0.361 e. The number of aromatic amines is 1. The van der Waals surface area contributed by atoms with Gasteiger partial charge in [-0.2, -0.15) is 0 Å². The lowest BCUT2D eigenvalue weighted by atomic mass is 10.0. The van der Waals surface area contributed by atoms with Crippen LogP contribution in [0.5, 0.6) is 0 Å². The van der Waals surface area contributed by atoms with Crippen LogP contribution in [0, 0.1) is 0 Å². The third kappa shape index (κ3) is 2.11. The lowest BCUT2D eigenvalue weighted by Gasteiger charge is -2.23. The molecule has 0 fully saturated rings. The molecule has 3 aromatic carbocycles. The maximum Gasteiger partial charge on any atom is 0.330 e. The van der Waals surface area contributed by atoms with E-state index in [1.807, 2.05) is 48.7 Å². The summed E-state index contributed by atoms with van der Waals surface area (Å²) >= 11 is 0. The predicted molar refractivity (Wildman–Crippen MR) is 103 cm³/mol. The highest BCUT2D eigenvalue weighted by Gasteiger charge is 2.19. The Kier molecular flexibility index (Phi) is 2.91. The van der Waals surface area contributed by atoms with Crippen LogP contribution in [0.1, 0.15) is 0 Å². The second kappa shape index (κ2) is 5.24. The van der Waals surface area contributed by atoms with Crippen molar-refractivity contribution >= 4 is 45.2 Å². The number of aromatic nitrogens is 1. The van der Waals surface area contributed by atoms with Crippen molar-refractivity contribution in [3.05, 3.63) is 78.3 Å². The van der Waals surface area contributed by atoms with Gasteiger partial charge in [0.25, 0.3) is 0 Å². The number of fused-ring (bicyclic) bond motifs is 2. The van der Waals surface area contributed by atoms with Gasteiger partial charge in [0, 0.05) is 39.6 Å². The second-order valence-corrected chi connectivity index (χ2v) is 6.09. The molecular formula is C21H15N3O. The van der Waals surface area contributed by atoms with Crippen molar-refractivity contribution in [3.63, 3.8) is 0 Å². The van der Waals surface area contributed by atoms with E-state index >= 15 is 0 Å². The van der Waals surface area contributed by atoms with Gasteiger partial charge in [-0.05, 0) is 35.7 Å². The molecule has 0 radical (unpaired) electrons. The SMILES string of the molecule is O=C(Nc1ccccc1)N1C=CC=c2c1cc1c[nH]c3cccc2c13. The molecule has 0 unspecified atom stereocenters. The van der Waals surface area contributed by atoms with Gasteiger partial charge in [0.2, 0.25) is 0 Å². The van der Waals surface area contributed by atoms with E-state index < -0.39 is 0 Å². The summed E-state index contributed by atoms with van der Waals surface area (Å²) in [6.45, 7) is 0. The summed E-state index contributed by atoms with van der Waals surface area (Å²) in [7, 11) is 0. The third-order valence-electron chi connectivity index (χ3n) is 4.60. The predicted octanol–water partition coefficient (Wildman–Crippen LogP) is 4.39. The highest BCUT2D eigenvalue weighted by atomic mass is 16.2. The molecule has 1 aliphatic rings. The molecule has 1 aromatic heterocycles. The number of hydrogen-bond acceptors (Lipinski definition) is 1. The molecule has 4 heteroatoms. The molecule has 1 aliphatic heterocycles. The maximum absolute atomic E-state index is 12.8. The van der Waals surface area contributed by atoms with Crippen molar-refractivity contribution in [2.75, 3.05) is 10.2 Å². The first-order valence-corrected chi connectivity index (χ1v) is 8.17. The molecule has 2 amide bonds. The zero-order valence-corrected chi connectivity index (χ0v) is 13.4. The van der Waals surface area contributed by atoms with E-state index in [4.69, 9.17) is 0 Å². The minimum absolute atomic E-state index is 0.175. The van der Waals surface area contributed by atoms with Crippen LogP contribution in [0.4, 0.5) is 16.2 Å². The lowest BCUT2D eigenvalue weighted by Crippen LogP contribution is -2.35.